The van der Waals surface area contributed by atoms with E-state index in [1.165, 1.54) is 32.1 Å². The van der Waals surface area contributed by atoms with Gasteiger partial charge in [-0.05, 0) is 24.2 Å². The minimum Gasteiger partial charge on any atom is -0.103 e. The van der Waals surface area contributed by atoms with Crippen LogP contribution < -0.4 is 0 Å². The van der Waals surface area contributed by atoms with Gasteiger partial charge < -0.3 is 0 Å². The van der Waals surface area contributed by atoms with Gasteiger partial charge in [0.05, 0.1) is 0 Å². The van der Waals surface area contributed by atoms with Crippen molar-refractivity contribution in [2.75, 3.05) is 0 Å². The van der Waals surface area contributed by atoms with E-state index in [0.717, 1.165) is 12.3 Å². The molecule has 0 nitrogen and oxygen atoms in total. The van der Waals surface area contributed by atoms with Crippen molar-refractivity contribution in [3.63, 3.8) is 0 Å². The monoisotopic (exact) mass is 196 g/mol. The lowest BCUT2D eigenvalue weighted by Gasteiger charge is -2.28. The van der Waals surface area contributed by atoms with Crippen molar-refractivity contribution in [1.82, 2.24) is 0 Å². The van der Waals surface area contributed by atoms with E-state index in [0.29, 0.717) is 5.41 Å². The summed E-state index contributed by atoms with van der Waals surface area (Å²) in [5.74, 6) is 0.921. The SMILES string of the molecule is C=CCC(C)(C)CC(CC)CCCC. The van der Waals surface area contributed by atoms with Gasteiger partial charge in [-0.2, -0.15) is 0 Å². The average molecular weight is 196 g/mol. The lowest BCUT2D eigenvalue weighted by Crippen LogP contribution is -2.16. The van der Waals surface area contributed by atoms with Crippen LogP contribution in [-0.2, 0) is 0 Å². The first-order chi connectivity index (χ1) is 6.55. The minimum absolute atomic E-state index is 0.455. The molecule has 0 rings (SSSR count). The summed E-state index contributed by atoms with van der Waals surface area (Å²) in [6.45, 7) is 13.2. The lowest BCUT2D eigenvalue weighted by atomic mass is 9.78. The molecule has 84 valence electrons. The molecule has 0 heterocycles. The molecule has 0 fully saturated rings. The Morgan fingerprint density at radius 3 is 2.36 bits per heavy atom. The van der Waals surface area contributed by atoms with Crippen LogP contribution in [0.2, 0.25) is 0 Å². The normalized spacial score (nSPS) is 14.0. The summed E-state index contributed by atoms with van der Waals surface area (Å²) in [7, 11) is 0. The van der Waals surface area contributed by atoms with Crippen LogP contribution in [0, 0.1) is 11.3 Å². The van der Waals surface area contributed by atoms with E-state index in [-0.39, 0.29) is 0 Å². The number of unbranched alkanes of at least 4 members (excludes halogenated alkanes) is 1. The van der Waals surface area contributed by atoms with E-state index < -0.39 is 0 Å². The molecular formula is C14H28. The Morgan fingerprint density at radius 1 is 1.29 bits per heavy atom. The third-order valence-electron chi connectivity index (χ3n) is 3.08. The lowest BCUT2D eigenvalue weighted by molar-refractivity contribution is 0.251. The molecule has 0 saturated carbocycles. The number of allylic oxidation sites excluding steroid dienone is 1. The van der Waals surface area contributed by atoms with Crippen molar-refractivity contribution in [2.24, 2.45) is 11.3 Å². The first kappa shape index (κ1) is 13.7. The van der Waals surface area contributed by atoms with Crippen LogP contribution in [0.5, 0.6) is 0 Å². The zero-order valence-corrected chi connectivity index (χ0v) is 10.6. The maximum Gasteiger partial charge on any atom is -0.0302 e. The van der Waals surface area contributed by atoms with Gasteiger partial charge in [0.25, 0.3) is 0 Å². The third kappa shape index (κ3) is 6.23. The van der Waals surface area contributed by atoms with Crippen LogP contribution in [0.3, 0.4) is 0 Å². The molecule has 0 spiro atoms. The maximum atomic E-state index is 3.84. The molecule has 0 heteroatoms. The van der Waals surface area contributed by atoms with Crippen molar-refractivity contribution in [3.8, 4) is 0 Å². The van der Waals surface area contributed by atoms with E-state index >= 15 is 0 Å². The Morgan fingerprint density at radius 2 is 1.93 bits per heavy atom. The molecule has 14 heavy (non-hydrogen) atoms. The highest BCUT2D eigenvalue weighted by Crippen LogP contribution is 2.33. The molecule has 1 unspecified atom stereocenters. The first-order valence-electron chi connectivity index (χ1n) is 6.16. The van der Waals surface area contributed by atoms with E-state index in [4.69, 9.17) is 0 Å². The van der Waals surface area contributed by atoms with E-state index in [2.05, 4.69) is 40.3 Å². The van der Waals surface area contributed by atoms with Crippen molar-refractivity contribution < 1.29 is 0 Å². The third-order valence-corrected chi connectivity index (χ3v) is 3.08. The summed E-state index contributed by atoms with van der Waals surface area (Å²) in [5, 5.41) is 0. The van der Waals surface area contributed by atoms with Gasteiger partial charge in [0.2, 0.25) is 0 Å². The predicted molar refractivity (Wildman–Crippen MR) is 66.5 cm³/mol. The van der Waals surface area contributed by atoms with Crippen molar-refractivity contribution >= 4 is 0 Å². The molecule has 0 aromatic rings. The van der Waals surface area contributed by atoms with Gasteiger partial charge in [0, 0.05) is 0 Å². The highest BCUT2D eigenvalue weighted by atomic mass is 14.3. The van der Waals surface area contributed by atoms with E-state index in [9.17, 15) is 0 Å². The van der Waals surface area contributed by atoms with Gasteiger partial charge in [0.15, 0.2) is 0 Å². The zero-order valence-electron chi connectivity index (χ0n) is 10.6. The summed E-state index contributed by atoms with van der Waals surface area (Å²) in [5.41, 5.74) is 0.455. The summed E-state index contributed by atoms with van der Waals surface area (Å²) < 4.78 is 0. The molecule has 0 aliphatic carbocycles. The topological polar surface area (TPSA) is 0 Å². The summed E-state index contributed by atoms with van der Waals surface area (Å²) in [6, 6.07) is 0. The number of rotatable bonds is 8. The van der Waals surface area contributed by atoms with Gasteiger partial charge in [-0.3, -0.25) is 0 Å². The summed E-state index contributed by atoms with van der Waals surface area (Å²) in [4.78, 5) is 0. The highest BCUT2D eigenvalue weighted by Gasteiger charge is 2.20. The standard InChI is InChI=1S/C14H28/c1-6-9-10-13(8-3)12-14(4,5)11-7-2/h7,13H,2,6,8-12H2,1,3-5H3. The van der Waals surface area contributed by atoms with Crippen LogP contribution in [0.1, 0.15) is 66.2 Å². The minimum atomic E-state index is 0.455. The number of hydrogen-bond donors (Lipinski definition) is 0. The van der Waals surface area contributed by atoms with Crippen LogP contribution in [0.25, 0.3) is 0 Å². The fraction of sp³-hybridized carbons (Fsp3) is 0.857. The summed E-state index contributed by atoms with van der Waals surface area (Å²) in [6.07, 6.45) is 10.0. The quantitative estimate of drug-likeness (QED) is 0.468. The van der Waals surface area contributed by atoms with Gasteiger partial charge >= 0.3 is 0 Å². The second-order valence-corrected chi connectivity index (χ2v) is 5.28. The van der Waals surface area contributed by atoms with Crippen LogP contribution in [-0.4, -0.2) is 0 Å². The van der Waals surface area contributed by atoms with Crippen LogP contribution in [0.4, 0.5) is 0 Å². The highest BCUT2D eigenvalue weighted by molar-refractivity contribution is 4.81. The molecule has 0 radical (unpaired) electrons. The molecule has 0 amide bonds. The van der Waals surface area contributed by atoms with Crippen molar-refractivity contribution in [1.29, 1.82) is 0 Å². The molecule has 0 aromatic heterocycles. The summed E-state index contributed by atoms with van der Waals surface area (Å²) >= 11 is 0. The molecule has 0 aliphatic rings. The van der Waals surface area contributed by atoms with Gasteiger partial charge in [0.1, 0.15) is 0 Å². The molecule has 1 atom stereocenters. The molecule has 0 bridgehead atoms. The molecule has 0 aromatic carbocycles. The Hall–Kier alpha value is -0.260. The van der Waals surface area contributed by atoms with Crippen molar-refractivity contribution in [3.05, 3.63) is 12.7 Å². The van der Waals surface area contributed by atoms with E-state index in [1.807, 2.05) is 0 Å². The van der Waals surface area contributed by atoms with Crippen LogP contribution in [0.15, 0.2) is 12.7 Å². The first-order valence-corrected chi connectivity index (χ1v) is 6.16. The van der Waals surface area contributed by atoms with Gasteiger partial charge in [-0.25, -0.2) is 0 Å². The number of hydrogen-bond acceptors (Lipinski definition) is 0. The van der Waals surface area contributed by atoms with Gasteiger partial charge in [-0.15, -0.1) is 6.58 Å². The molecule has 0 saturated heterocycles. The fourth-order valence-electron chi connectivity index (χ4n) is 2.20. The Labute approximate surface area is 90.8 Å². The smallest absolute Gasteiger partial charge is 0.0302 e. The fourth-order valence-corrected chi connectivity index (χ4v) is 2.20. The van der Waals surface area contributed by atoms with Gasteiger partial charge in [-0.1, -0.05) is 59.5 Å². The van der Waals surface area contributed by atoms with E-state index in [1.54, 1.807) is 0 Å². The Balaban J connectivity index is 3.95. The average Bonchev–Trinajstić information content (AvgIpc) is 2.12. The maximum absolute atomic E-state index is 3.84. The largest absolute Gasteiger partial charge is 0.103 e. The molecular weight excluding hydrogens is 168 g/mol. The predicted octanol–water partition coefficient (Wildman–Crippen LogP) is 5.20. The molecule has 0 N–H and O–H groups in total. The van der Waals surface area contributed by atoms with Crippen molar-refractivity contribution in [2.45, 2.75) is 66.2 Å². The molecule has 0 aliphatic heterocycles. The Kier molecular flexibility index (Phi) is 6.96. The zero-order chi connectivity index (χ0) is 11.0. The Bertz CT molecular complexity index is 144. The second-order valence-electron chi connectivity index (χ2n) is 5.28. The van der Waals surface area contributed by atoms with Crippen LogP contribution >= 0.6 is 0 Å². The second kappa shape index (κ2) is 7.09.